The molecule has 0 saturated carbocycles. The molecule has 0 unspecified atom stereocenters. The van der Waals surface area contributed by atoms with Gasteiger partial charge in [0.2, 0.25) is 11.8 Å². The first-order valence-corrected chi connectivity index (χ1v) is 10.5. The second-order valence-corrected chi connectivity index (χ2v) is 8.12. The maximum absolute atomic E-state index is 9.99. The van der Waals surface area contributed by atoms with Gasteiger partial charge in [-0.1, -0.05) is 65.7 Å². The van der Waals surface area contributed by atoms with Gasteiger partial charge >= 0.3 is 0 Å². The van der Waals surface area contributed by atoms with Crippen molar-refractivity contribution in [2.45, 2.75) is 5.92 Å². The highest BCUT2D eigenvalue weighted by atomic mass is 35.5. The van der Waals surface area contributed by atoms with Gasteiger partial charge in [0.1, 0.15) is 17.4 Å². The van der Waals surface area contributed by atoms with Gasteiger partial charge < -0.3 is 15.2 Å². The summed E-state index contributed by atoms with van der Waals surface area (Å²) in [6, 6.07) is 19.5. The van der Waals surface area contributed by atoms with E-state index in [9.17, 15) is 5.26 Å². The molecule has 0 spiro atoms. The Morgan fingerprint density at radius 3 is 2.72 bits per heavy atom. The Morgan fingerprint density at radius 1 is 1.16 bits per heavy atom. The van der Waals surface area contributed by atoms with E-state index < -0.39 is 5.92 Å². The molecule has 0 radical (unpaired) electrons. The van der Waals surface area contributed by atoms with E-state index in [2.05, 4.69) is 16.3 Å². The number of fused-ring (bicyclic) bond motifs is 2. The van der Waals surface area contributed by atoms with Gasteiger partial charge in [0.25, 0.3) is 0 Å². The predicted octanol–water partition coefficient (Wildman–Crippen LogP) is 5.76. The number of nitrogens with zero attached hydrogens (tertiary/aromatic N) is 2. The van der Waals surface area contributed by atoms with Crippen molar-refractivity contribution in [1.29, 1.82) is 5.26 Å². The second-order valence-electron chi connectivity index (χ2n) is 7.28. The van der Waals surface area contributed by atoms with E-state index in [1.54, 1.807) is 12.1 Å². The molecule has 158 valence electrons. The van der Waals surface area contributed by atoms with Crippen LogP contribution in [0.3, 0.4) is 0 Å². The van der Waals surface area contributed by atoms with Crippen molar-refractivity contribution < 1.29 is 9.47 Å². The topological polar surface area (TPSA) is 96.9 Å². The number of nitrogens with one attached hydrogen (secondary N) is 1. The molecular formula is C24H16Cl2N4O2. The number of rotatable bonds is 3. The minimum atomic E-state index is -0.650. The molecule has 8 heteroatoms. The maximum Gasteiger partial charge on any atom is 0.244 e. The van der Waals surface area contributed by atoms with Crippen molar-refractivity contribution in [3.05, 3.63) is 87.2 Å². The zero-order chi connectivity index (χ0) is 22.4. The SMILES string of the molecule is COc1c(Cl)cc(Cl)cc1[C@H]1C(C#N)=C(N)Oc2n[nH]c(-c3cccc4ccccc34)c21. The fourth-order valence-electron chi connectivity index (χ4n) is 4.21. The van der Waals surface area contributed by atoms with Gasteiger partial charge in [0.15, 0.2) is 0 Å². The van der Waals surface area contributed by atoms with Crippen LogP contribution in [0.2, 0.25) is 10.0 Å². The van der Waals surface area contributed by atoms with E-state index in [-0.39, 0.29) is 17.3 Å². The van der Waals surface area contributed by atoms with Crippen molar-refractivity contribution in [1.82, 2.24) is 10.2 Å². The number of ether oxygens (including phenoxy) is 2. The first kappa shape index (κ1) is 20.3. The summed E-state index contributed by atoms with van der Waals surface area (Å²) in [5.74, 6) is 0.00820. The number of hydrogen-bond donors (Lipinski definition) is 2. The predicted molar refractivity (Wildman–Crippen MR) is 124 cm³/mol. The molecule has 1 aromatic heterocycles. The summed E-state index contributed by atoms with van der Waals surface area (Å²) in [5.41, 5.74) is 9.20. The van der Waals surface area contributed by atoms with Gasteiger partial charge in [0, 0.05) is 16.1 Å². The zero-order valence-electron chi connectivity index (χ0n) is 16.8. The highest BCUT2D eigenvalue weighted by Gasteiger charge is 2.38. The average Bonchev–Trinajstić information content (AvgIpc) is 3.20. The van der Waals surface area contributed by atoms with Crippen LogP contribution in [-0.2, 0) is 0 Å². The first-order valence-electron chi connectivity index (χ1n) is 9.70. The molecule has 0 aliphatic carbocycles. The number of hydrogen-bond acceptors (Lipinski definition) is 5. The largest absolute Gasteiger partial charge is 0.495 e. The molecule has 1 atom stereocenters. The summed E-state index contributed by atoms with van der Waals surface area (Å²) >= 11 is 12.8. The lowest BCUT2D eigenvalue weighted by Crippen LogP contribution is -2.21. The Bertz CT molecular complexity index is 1450. The molecule has 5 rings (SSSR count). The van der Waals surface area contributed by atoms with Crippen LogP contribution in [0.5, 0.6) is 11.6 Å². The van der Waals surface area contributed by atoms with Gasteiger partial charge in [-0.25, -0.2) is 0 Å². The van der Waals surface area contributed by atoms with E-state index in [0.29, 0.717) is 32.6 Å². The average molecular weight is 463 g/mol. The Kier molecular flexibility index (Phi) is 4.93. The summed E-state index contributed by atoms with van der Waals surface area (Å²) in [7, 11) is 1.51. The van der Waals surface area contributed by atoms with Crippen LogP contribution in [0.4, 0.5) is 0 Å². The van der Waals surface area contributed by atoms with Crippen LogP contribution >= 0.6 is 23.2 Å². The number of aromatic nitrogens is 2. The smallest absolute Gasteiger partial charge is 0.244 e. The van der Waals surface area contributed by atoms with Crippen LogP contribution in [0, 0.1) is 11.3 Å². The maximum atomic E-state index is 9.99. The molecule has 2 heterocycles. The molecule has 32 heavy (non-hydrogen) atoms. The van der Waals surface area contributed by atoms with E-state index in [0.717, 1.165) is 16.3 Å². The van der Waals surface area contributed by atoms with Crippen molar-refractivity contribution in [3.63, 3.8) is 0 Å². The zero-order valence-corrected chi connectivity index (χ0v) is 18.3. The minimum absolute atomic E-state index is 0.0286. The lowest BCUT2D eigenvalue weighted by atomic mass is 9.82. The molecule has 4 aromatic rings. The van der Waals surface area contributed by atoms with Crippen LogP contribution in [0.15, 0.2) is 66.1 Å². The second kappa shape index (κ2) is 7.79. The number of nitriles is 1. The Hall–Kier alpha value is -3.66. The summed E-state index contributed by atoms with van der Waals surface area (Å²) in [6.45, 7) is 0. The number of benzene rings is 3. The van der Waals surface area contributed by atoms with Gasteiger partial charge in [-0.2, -0.15) is 5.26 Å². The van der Waals surface area contributed by atoms with Gasteiger partial charge in [-0.15, -0.1) is 5.10 Å². The van der Waals surface area contributed by atoms with E-state index in [1.165, 1.54) is 7.11 Å². The fraction of sp³-hybridized carbons (Fsp3) is 0.0833. The quantitative estimate of drug-likeness (QED) is 0.403. The molecule has 3 N–H and O–H groups in total. The number of aromatic amines is 1. The third-order valence-corrected chi connectivity index (χ3v) is 6.05. The third-order valence-electron chi connectivity index (χ3n) is 5.55. The number of H-pyrrole nitrogens is 1. The lowest BCUT2D eigenvalue weighted by Gasteiger charge is -2.26. The normalized spacial score (nSPS) is 15.2. The summed E-state index contributed by atoms with van der Waals surface area (Å²) < 4.78 is 11.3. The summed E-state index contributed by atoms with van der Waals surface area (Å²) in [6.07, 6.45) is 0. The van der Waals surface area contributed by atoms with Crippen LogP contribution in [-0.4, -0.2) is 17.3 Å². The Balaban J connectivity index is 1.84. The minimum Gasteiger partial charge on any atom is -0.495 e. The van der Waals surface area contributed by atoms with Crippen LogP contribution < -0.4 is 15.2 Å². The van der Waals surface area contributed by atoms with Crippen molar-refractivity contribution >= 4 is 34.0 Å². The Labute approximate surface area is 193 Å². The standard InChI is InChI=1S/C24H16Cl2N4O2/c1-31-22-16(9-13(25)10-18(22)26)19-17(11-27)23(28)32-24-20(19)21(29-30-24)15-8-4-6-12-5-2-3-7-14(12)15/h2-10,19H,28H2,1H3,(H,29,30)/t19-/m0/s1. The molecule has 0 fully saturated rings. The van der Waals surface area contributed by atoms with Crippen LogP contribution in [0.1, 0.15) is 17.0 Å². The monoisotopic (exact) mass is 462 g/mol. The van der Waals surface area contributed by atoms with Gasteiger partial charge in [0.05, 0.1) is 29.3 Å². The lowest BCUT2D eigenvalue weighted by molar-refractivity contribution is 0.375. The fourth-order valence-corrected chi connectivity index (χ4v) is 4.80. The highest BCUT2D eigenvalue weighted by molar-refractivity contribution is 6.35. The molecule has 0 bridgehead atoms. The highest BCUT2D eigenvalue weighted by Crippen LogP contribution is 2.50. The number of nitrogens with two attached hydrogens (primary N) is 1. The molecule has 3 aromatic carbocycles. The molecule has 1 aliphatic rings. The third kappa shape index (κ3) is 3.06. The van der Waals surface area contributed by atoms with Gasteiger partial charge in [-0.3, -0.25) is 5.10 Å². The number of methoxy groups -OCH3 is 1. The molecule has 0 amide bonds. The first-order chi connectivity index (χ1) is 15.5. The van der Waals surface area contributed by atoms with E-state index in [1.807, 2.05) is 42.5 Å². The van der Waals surface area contributed by atoms with Crippen molar-refractivity contribution in [3.8, 4) is 29.0 Å². The summed E-state index contributed by atoms with van der Waals surface area (Å²) in [4.78, 5) is 0. The molecule has 6 nitrogen and oxygen atoms in total. The van der Waals surface area contributed by atoms with Crippen LogP contribution in [0.25, 0.3) is 22.0 Å². The number of allylic oxidation sites excluding steroid dienone is 1. The van der Waals surface area contributed by atoms with Crippen molar-refractivity contribution in [2.24, 2.45) is 5.73 Å². The molecule has 1 aliphatic heterocycles. The summed E-state index contributed by atoms with van der Waals surface area (Å²) in [5, 5.41) is 20.3. The molecular weight excluding hydrogens is 447 g/mol. The van der Waals surface area contributed by atoms with Crippen molar-refractivity contribution in [2.75, 3.05) is 7.11 Å². The van der Waals surface area contributed by atoms with E-state index in [4.69, 9.17) is 38.4 Å². The molecule has 0 saturated heterocycles. The Morgan fingerprint density at radius 2 is 1.94 bits per heavy atom. The van der Waals surface area contributed by atoms with E-state index >= 15 is 0 Å². The number of halogens is 2. The van der Waals surface area contributed by atoms with Gasteiger partial charge in [-0.05, 0) is 22.9 Å².